The number of para-hydroxylation sites is 3. The third-order valence-electron chi connectivity index (χ3n) is 6.55. The van der Waals surface area contributed by atoms with E-state index in [1.165, 1.54) is 0 Å². The molecule has 4 heterocycles. The topological polar surface area (TPSA) is 69.1 Å². The Hall–Kier alpha value is -3.87. The van der Waals surface area contributed by atoms with Crippen LogP contribution in [-0.2, 0) is 6.54 Å². The predicted molar refractivity (Wildman–Crippen MR) is 130 cm³/mol. The first-order valence-corrected chi connectivity index (χ1v) is 11.5. The van der Waals surface area contributed by atoms with E-state index < -0.39 is 0 Å². The van der Waals surface area contributed by atoms with Crippen molar-refractivity contribution in [3.8, 4) is 11.5 Å². The summed E-state index contributed by atoms with van der Waals surface area (Å²) in [5.41, 5.74) is 3.65. The van der Waals surface area contributed by atoms with Gasteiger partial charge in [0, 0.05) is 31.2 Å². The van der Waals surface area contributed by atoms with Gasteiger partial charge in [0.2, 0.25) is 5.95 Å². The fourth-order valence-electron chi connectivity index (χ4n) is 4.98. The maximum atomic E-state index is 13.2. The van der Waals surface area contributed by atoms with Crippen LogP contribution in [0.15, 0.2) is 76.1 Å². The Labute approximate surface area is 190 Å². The Balaban J connectivity index is 1.34. The number of furan rings is 1. The molecule has 33 heavy (non-hydrogen) atoms. The summed E-state index contributed by atoms with van der Waals surface area (Å²) in [6, 6.07) is 20.0. The third-order valence-corrected chi connectivity index (χ3v) is 6.55. The van der Waals surface area contributed by atoms with Gasteiger partial charge in [-0.15, -0.1) is 0 Å². The standard InChI is InChI=1S/C26H25N5O2/c1-2-30-21-10-4-5-11-22(21)31(26(30)32)19-9-7-15-29(17-19)25-27-14-13-20(28-25)24-16-18-8-3-6-12-23(18)33-24/h3-6,8,10-14,16,19H,2,7,9,15,17H2,1H3/t19-/m0/s1. The first-order valence-electron chi connectivity index (χ1n) is 11.5. The van der Waals surface area contributed by atoms with Crippen LogP contribution in [-0.4, -0.2) is 32.2 Å². The van der Waals surface area contributed by atoms with Crippen LogP contribution in [0.25, 0.3) is 33.5 Å². The predicted octanol–water partition coefficient (Wildman–Crippen LogP) is 4.87. The lowest BCUT2D eigenvalue weighted by atomic mass is 10.1. The number of aryl methyl sites for hydroxylation is 1. The van der Waals surface area contributed by atoms with Crippen molar-refractivity contribution in [3.63, 3.8) is 0 Å². The van der Waals surface area contributed by atoms with E-state index in [9.17, 15) is 4.79 Å². The molecule has 0 amide bonds. The van der Waals surface area contributed by atoms with Crippen LogP contribution in [0.2, 0.25) is 0 Å². The maximum Gasteiger partial charge on any atom is 0.329 e. The Morgan fingerprint density at radius 2 is 1.88 bits per heavy atom. The highest BCUT2D eigenvalue weighted by Crippen LogP contribution is 2.30. The summed E-state index contributed by atoms with van der Waals surface area (Å²) < 4.78 is 9.83. The van der Waals surface area contributed by atoms with Crippen molar-refractivity contribution in [2.75, 3.05) is 18.0 Å². The van der Waals surface area contributed by atoms with Gasteiger partial charge in [-0.2, -0.15) is 0 Å². The number of hydrogen-bond donors (Lipinski definition) is 0. The van der Waals surface area contributed by atoms with E-state index in [0.29, 0.717) is 19.0 Å². The molecule has 2 aromatic carbocycles. The Morgan fingerprint density at radius 3 is 2.73 bits per heavy atom. The minimum absolute atomic E-state index is 0.0579. The fourth-order valence-corrected chi connectivity index (χ4v) is 4.98. The first-order chi connectivity index (χ1) is 16.2. The first kappa shape index (κ1) is 19.8. The molecule has 1 atom stereocenters. The molecule has 1 saturated heterocycles. The summed E-state index contributed by atoms with van der Waals surface area (Å²) in [4.78, 5) is 24.8. The molecule has 5 aromatic rings. The van der Waals surface area contributed by atoms with Crippen LogP contribution in [0.4, 0.5) is 5.95 Å². The zero-order chi connectivity index (χ0) is 22.4. The number of imidazole rings is 1. The Kier molecular flexibility index (Phi) is 4.75. The number of nitrogens with zero attached hydrogens (tertiary/aromatic N) is 5. The number of benzene rings is 2. The molecule has 1 aliphatic heterocycles. The van der Waals surface area contributed by atoms with E-state index in [1.54, 1.807) is 6.20 Å². The van der Waals surface area contributed by atoms with Crippen molar-refractivity contribution >= 4 is 28.0 Å². The maximum absolute atomic E-state index is 13.2. The van der Waals surface area contributed by atoms with Gasteiger partial charge in [0.05, 0.1) is 17.1 Å². The lowest BCUT2D eigenvalue weighted by Crippen LogP contribution is -2.40. The molecule has 0 N–H and O–H groups in total. The lowest BCUT2D eigenvalue weighted by Gasteiger charge is -2.33. The van der Waals surface area contributed by atoms with Gasteiger partial charge >= 0.3 is 5.69 Å². The normalized spacial score (nSPS) is 16.6. The van der Waals surface area contributed by atoms with Crippen molar-refractivity contribution in [1.29, 1.82) is 0 Å². The van der Waals surface area contributed by atoms with E-state index in [2.05, 4.69) is 9.88 Å². The second-order valence-corrected chi connectivity index (χ2v) is 8.52. The van der Waals surface area contributed by atoms with Crippen molar-refractivity contribution in [3.05, 3.63) is 77.3 Å². The van der Waals surface area contributed by atoms with Crippen LogP contribution >= 0.6 is 0 Å². The summed E-state index contributed by atoms with van der Waals surface area (Å²) in [5.74, 6) is 1.40. The van der Waals surface area contributed by atoms with Crippen molar-refractivity contribution < 1.29 is 4.42 Å². The number of hydrogen-bond acceptors (Lipinski definition) is 5. The second kappa shape index (κ2) is 7.92. The molecule has 6 rings (SSSR count). The van der Waals surface area contributed by atoms with Gasteiger partial charge in [-0.25, -0.2) is 14.8 Å². The SMILES string of the molecule is CCn1c(=O)n([C@H]2CCCN(c3nccc(-c4cc5ccccc5o4)n3)C2)c2ccccc21. The second-order valence-electron chi connectivity index (χ2n) is 8.52. The van der Waals surface area contributed by atoms with Gasteiger partial charge in [0.1, 0.15) is 11.3 Å². The molecule has 0 aliphatic carbocycles. The molecule has 1 fully saturated rings. The van der Waals surface area contributed by atoms with Crippen LogP contribution in [0.5, 0.6) is 0 Å². The number of piperidine rings is 1. The quantitative estimate of drug-likeness (QED) is 0.400. The van der Waals surface area contributed by atoms with Crippen molar-refractivity contribution in [1.82, 2.24) is 19.1 Å². The zero-order valence-electron chi connectivity index (χ0n) is 18.5. The van der Waals surface area contributed by atoms with Crippen molar-refractivity contribution in [2.45, 2.75) is 32.4 Å². The highest BCUT2D eigenvalue weighted by atomic mass is 16.3. The van der Waals surface area contributed by atoms with E-state index in [4.69, 9.17) is 9.40 Å². The molecule has 7 nitrogen and oxygen atoms in total. The van der Waals surface area contributed by atoms with E-state index in [0.717, 1.165) is 52.8 Å². The fraction of sp³-hybridized carbons (Fsp3) is 0.269. The third kappa shape index (κ3) is 3.31. The van der Waals surface area contributed by atoms with Crippen LogP contribution in [0.3, 0.4) is 0 Å². The van der Waals surface area contributed by atoms with Gasteiger partial charge in [-0.1, -0.05) is 30.3 Å². The van der Waals surface area contributed by atoms with E-state index in [-0.39, 0.29) is 11.7 Å². The lowest BCUT2D eigenvalue weighted by molar-refractivity contribution is 0.397. The van der Waals surface area contributed by atoms with Gasteiger partial charge in [-0.05, 0) is 50.1 Å². The highest BCUT2D eigenvalue weighted by Gasteiger charge is 2.27. The molecule has 3 aromatic heterocycles. The van der Waals surface area contributed by atoms with Crippen LogP contribution < -0.4 is 10.6 Å². The molecular weight excluding hydrogens is 414 g/mol. The molecule has 0 radical (unpaired) electrons. The molecule has 0 saturated carbocycles. The van der Waals surface area contributed by atoms with Gasteiger partial charge < -0.3 is 9.32 Å². The average Bonchev–Trinajstić information content (AvgIpc) is 3.42. The molecule has 0 unspecified atom stereocenters. The average molecular weight is 440 g/mol. The summed E-state index contributed by atoms with van der Waals surface area (Å²) in [6.07, 6.45) is 3.71. The highest BCUT2D eigenvalue weighted by molar-refractivity contribution is 5.82. The minimum atomic E-state index is 0.0579. The van der Waals surface area contributed by atoms with Crippen molar-refractivity contribution in [2.24, 2.45) is 0 Å². The molecule has 1 aliphatic rings. The van der Waals surface area contributed by atoms with E-state index in [1.807, 2.05) is 76.7 Å². The monoisotopic (exact) mass is 439 g/mol. The summed E-state index contributed by atoms with van der Waals surface area (Å²) in [5, 5.41) is 1.05. The summed E-state index contributed by atoms with van der Waals surface area (Å²) in [6.45, 7) is 4.23. The zero-order valence-corrected chi connectivity index (χ0v) is 18.5. The number of aromatic nitrogens is 4. The molecule has 7 heteroatoms. The van der Waals surface area contributed by atoms with Crippen LogP contribution in [0.1, 0.15) is 25.8 Å². The van der Waals surface area contributed by atoms with Gasteiger partial charge in [0.15, 0.2) is 5.76 Å². The number of rotatable bonds is 4. The Morgan fingerprint density at radius 1 is 1.06 bits per heavy atom. The molecular formula is C26H25N5O2. The van der Waals surface area contributed by atoms with Gasteiger partial charge in [-0.3, -0.25) is 9.13 Å². The van der Waals surface area contributed by atoms with E-state index >= 15 is 0 Å². The minimum Gasteiger partial charge on any atom is -0.454 e. The van der Waals surface area contributed by atoms with Crippen LogP contribution in [0, 0.1) is 0 Å². The Bertz CT molecular complexity index is 1480. The molecule has 0 bridgehead atoms. The summed E-state index contributed by atoms with van der Waals surface area (Å²) >= 11 is 0. The smallest absolute Gasteiger partial charge is 0.329 e. The number of anilines is 1. The molecule has 166 valence electrons. The largest absolute Gasteiger partial charge is 0.454 e. The molecule has 0 spiro atoms. The summed E-state index contributed by atoms with van der Waals surface area (Å²) in [7, 11) is 0. The number of fused-ring (bicyclic) bond motifs is 2. The van der Waals surface area contributed by atoms with Gasteiger partial charge in [0.25, 0.3) is 0 Å².